The first kappa shape index (κ1) is 15.4. The van der Waals surface area contributed by atoms with Crippen molar-refractivity contribution >= 4 is 27.2 Å². The highest BCUT2D eigenvalue weighted by molar-refractivity contribution is 7.21. The molecule has 5 nitrogen and oxygen atoms in total. The molecule has 4 rings (SSSR count). The molecular formula is C18H19N3O2S. The second-order valence-electron chi connectivity index (χ2n) is 6.13. The number of anilines is 1. The van der Waals surface area contributed by atoms with Crippen LogP contribution in [0.3, 0.4) is 0 Å². The average Bonchev–Trinajstić information content (AvgIpc) is 2.60. The first-order valence-electron chi connectivity index (χ1n) is 8.00. The largest absolute Gasteiger partial charge is 0.497 e. The summed E-state index contributed by atoms with van der Waals surface area (Å²) in [6.07, 6.45) is 0. The Morgan fingerprint density at radius 1 is 1.12 bits per heavy atom. The maximum atomic E-state index is 12.6. The highest BCUT2D eigenvalue weighted by atomic mass is 32.1. The summed E-state index contributed by atoms with van der Waals surface area (Å²) in [5.74, 6) is 0.802. The quantitative estimate of drug-likeness (QED) is 0.670. The molecule has 0 atom stereocenters. The Hall–Kier alpha value is -2.18. The average molecular weight is 341 g/mol. The summed E-state index contributed by atoms with van der Waals surface area (Å²) < 4.78 is 6.29. The van der Waals surface area contributed by atoms with Crippen LogP contribution in [-0.4, -0.2) is 50.2 Å². The van der Waals surface area contributed by atoms with E-state index < -0.39 is 0 Å². The minimum Gasteiger partial charge on any atom is -0.497 e. The fourth-order valence-corrected chi connectivity index (χ4v) is 4.05. The minimum absolute atomic E-state index is 0.0762. The molecule has 1 aromatic carbocycles. The number of methoxy groups -OCH3 is 1. The van der Waals surface area contributed by atoms with E-state index in [1.54, 1.807) is 24.5 Å². The van der Waals surface area contributed by atoms with Crippen molar-refractivity contribution in [2.24, 2.45) is 0 Å². The van der Waals surface area contributed by atoms with Gasteiger partial charge in [0, 0.05) is 32.2 Å². The minimum atomic E-state index is 0.0762. The van der Waals surface area contributed by atoms with Crippen molar-refractivity contribution in [2.45, 2.75) is 0 Å². The van der Waals surface area contributed by atoms with Crippen molar-refractivity contribution < 1.29 is 4.74 Å². The van der Waals surface area contributed by atoms with Gasteiger partial charge in [0.25, 0.3) is 0 Å². The van der Waals surface area contributed by atoms with Crippen molar-refractivity contribution in [1.82, 2.24) is 9.88 Å². The Morgan fingerprint density at radius 3 is 2.67 bits per heavy atom. The van der Waals surface area contributed by atoms with Crippen LogP contribution in [-0.2, 0) is 0 Å². The molecule has 1 saturated heterocycles. The van der Waals surface area contributed by atoms with Crippen molar-refractivity contribution in [3.05, 3.63) is 40.6 Å². The molecule has 124 valence electrons. The van der Waals surface area contributed by atoms with Gasteiger partial charge in [-0.15, -0.1) is 11.3 Å². The molecule has 0 bridgehead atoms. The second-order valence-corrected chi connectivity index (χ2v) is 7.21. The molecule has 1 fully saturated rings. The van der Waals surface area contributed by atoms with Crippen LogP contribution in [0.15, 0.2) is 35.1 Å². The Labute approximate surface area is 144 Å². The number of fused-ring (bicyclic) bond motifs is 2. The lowest BCUT2D eigenvalue weighted by atomic mass is 10.2. The van der Waals surface area contributed by atoms with Gasteiger partial charge in [0.05, 0.1) is 33.6 Å². The smallest absolute Gasteiger partial charge is 0.203 e. The first-order valence-corrected chi connectivity index (χ1v) is 8.82. The van der Waals surface area contributed by atoms with Crippen LogP contribution in [0.25, 0.3) is 20.8 Å². The first-order chi connectivity index (χ1) is 11.6. The van der Waals surface area contributed by atoms with E-state index in [1.807, 2.05) is 24.3 Å². The molecule has 1 aromatic rings. The Bertz CT molecular complexity index is 916. The number of benzene rings is 2. The van der Waals surface area contributed by atoms with Crippen LogP contribution in [0.4, 0.5) is 5.69 Å². The summed E-state index contributed by atoms with van der Waals surface area (Å²) in [6, 6.07) is 9.51. The normalized spacial score (nSPS) is 16.0. The summed E-state index contributed by atoms with van der Waals surface area (Å²) in [7, 11) is 3.76. The maximum Gasteiger partial charge on any atom is 0.203 e. The lowest BCUT2D eigenvalue weighted by Gasteiger charge is -2.33. The summed E-state index contributed by atoms with van der Waals surface area (Å²) in [6.45, 7) is 3.72. The van der Waals surface area contributed by atoms with Gasteiger partial charge in [0.1, 0.15) is 5.75 Å². The zero-order valence-corrected chi connectivity index (χ0v) is 14.6. The SMILES string of the molecule is COc1ccc2nc3cc(N4CCN(C)CC4)c(=O)cc-3sc2c1. The van der Waals surface area contributed by atoms with Gasteiger partial charge in [-0.2, -0.15) is 0 Å². The molecule has 0 spiro atoms. The van der Waals surface area contributed by atoms with Crippen LogP contribution in [0.5, 0.6) is 5.75 Å². The summed E-state index contributed by atoms with van der Waals surface area (Å²) in [5, 5.41) is 0. The number of piperazine rings is 1. The van der Waals surface area contributed by atoms with E-state index in [0.717, 1.165) is 58.4 Å². The Balaban J connectivity index is 1.81. The molecule has 6 heteroatoms. The van der Waals surface area contributed by atoms with Gasteiger partial charge >= 0.3 is 0 Å². The van der Waals surface area contributed by atoms with Gasteiger partial charge < -0.3 is 14.5 Å². The topological polar surface area (TPSA) is 45.7 Å². The predicted octanol–water partition coefficient (Wildman–Crippen LogP) is 2.52. The van der Waals surface area contributed by atoms with E-state index in [1.165, 1.54) is 0 Å². The third-order valence-electron chi connectivity index (χ3n) is 4.51. The van der Waals surface area contributed by atoms with Gasteiger partial charge in [-0.25, -0.2) is 4.98 Å². The van der Waals surface area contributed by atoms with Gasteiger partial charge in [0.15, 0.2) is 0 Å². The van der Waals surface area contributed by atoms with Crippen molar-refractivity contribution in [1.29, 1.82) is 0 Å². The van der Waals surface area contributed by atoms with Crippen LogP contribution in [0, 0.1) is 0 Å². The molecule has 1 aliphatic carbocycles. The third kappa shape index (κ3) is 2.72. The van der Waals surface area contributed by atoms with Crippen LogP contribution in [0.2, 0.25) is 0 Å². The van der Waals surface area contributed by atoms with Gasteiger partial charge in [-0.1, -0.05) is 0 Å². The molecule has 0 N–H and O–H groups in total. The Morgan fingerprint density at radius 2 is 1.92 bits per heavy atom. The molecule has 0 saturated carbocycles. The molecular weight excluding hydrogens is 322 g/mol. The molecule has 0 aromatic heterocycles. The van der Waals surface area contributed by atoms with E-state index in [9.17, 15) is 4.79 Å². The monoisotopic (exact) mass is 341 g/mol. The zero-order chi connectivity index (χ0) is 16.7. The lowest BCUT2D eigenvalue weighted by Crippen LogP contribution is -2.45. The number of rotatable bonds is 2. The van der Waals surface area contributed by atoms with E-state index in [2.05, 4.69) is 16.8 Å². The van der Waals surface area contributed by atoms with Crippen LogP contribution >= 0.6 is 11.3 Å². The second kappa shape index (κ2) is 6.03. The zero-order valence-electron chi connectivity index (χ0n) is 13.8. The summed E-state index contributed by atoms with van der Waals surface area (Å²) in [5.41, 5.74) is 2.65. The van der Waals surface area contributed by atoms with E-state index >= 15 is 0 Å². The van der Waals surface area contributed by atoms with E-state index in [4.69, 9.17) is 9.72 Å². The summed E-state index contributed by atoms with van der Waals surface area (Å²) in [4.78, 5) is 22.7. The highest BCUT2D eigenvalue weighted by Gasteiger charge is 2.19. The van der Waals surface area contributed by atoms with E-state index in [-0.39, 0.29) is 5.43 Å². The number of hydrogen-bond donors (Lipinski definition) is 0. The van der Waals surface area contributed by atoms with Gasteiger partial charge in [-0.05, 0) is 31.3 Å². The third-order valence-corrected chi connectivity index (χ3v) is 5.61. The van der Waals surface area contributed by atoms with Crippen LogP contribution < -0.4 is 15.1 Å². The standard InChI is InChI=1S/C18H19N3O2S/c1-20-5-7-21(8-6-20)15-10-14-18(11-16(15)22)24-17-9-12(23-2)3-4-13(17)19-14/h3-4,9-11H,5-8H2,1-2H3. The van der Waals surface area contributed by atoms with Crippen molar-refractivity contribution in [3.8, 4) is 16.3 Å². The molecule has 0 radical (unpaired) electrons. The molecule has 2 heterocycles. The Kier molecular flexibility index (Phi) is 3.86. The van der Waals surface area contributed by atoms with Crippen molar-refractivity contribution in [3.63, 3.8) is 0 Å². The lowest BCUT2D eigenvalue weighted by molar-refractivity contribution is 0.312. The fraction of sp³-hybridized carbons (Fsp3) is 0.333. The summed E-state index contributed by atoms with van der Waals surface area (Å²) >= 11 is 1.58. The molecule has 24 heavy (non-hydrogen) atoms. The van der Waals surface area contributed by atoms with E-state index in [0.29, 0.717) is 0 Å². The predicted molar refractivity (Wildman–Crippen MR) is 98.8 cm³/mol. The van der Waals surface area contributed by atoms with Crippen LogP contribution in [0.1, 0.15) is 0 Å². The van der Waals surface area contributed by atoms with Gasteiger partial charge in [0.2, 0.25) is 5.43 Å². The number of hydrogen-bond acceptors (Lipinski definition) is 6. The van der Waals surface area contributed by atoms with Gasteiger partial charge in [-0.3, -0.25) is 4.79 Å². The highest BCUT2D eigenvalue weighted by Crippen LogP contribution is 2.33. The maximum absolute atomic E-state index is 12.6. The fourth-order valence-electron chi connectivity index (χ4n) is 3.05. The molecule has 3 aliphatic rings. The molecule has 0 unspecified atom stereocenters. The number of likely N-dealkylation sites (N-methyl/N-ethyl adjacent to an activating group) is 1. The number of aromatic nitrogens is 1. The van der Waals surface area contributed by atoms with Crippen molar-refractivity contribution in [2.75, 3.05) is 45.2 Å². The molecule has 0 amide bonds. The molecule has 2 aliphatic heterocycles. The number of ether oxygens (including phenoxy) is 1. The number of nitrogens with zero attached hydrogens (tertiary/aromatic N) is 3.